The van der Waals surface area contributed by atoms with E-state index in [1.54, 1.807) is 7.11 Å². The number of ether oxygens (including phenoxy) is 6. The van der Waals surface area contributed by atoms with E-state index in [1.165, 1.54) is 0 Å². The second kappa shape index (κ2) is 17.9. The number of methoxy groups -OCH3 is 1. The molecule has 254 valence electrons. The smallest absolute Gasteiger partial charge is 0.118 e. The van der Waals surface area contributed by atoms with Gasteiger partial charge in [-0.1, -0.05) is 133 Å². The lowest BCUT2D eigenvalue weighted by atomic mass is 9.83. The molecule has 6 atom stereocenters. The molecule has 0 radical (unpaired) electrons. The highest BCUT2D eigenvalue weighted by atomic mass is 16.6. The minimum Gasteiger partial charge on any atom is -0.497 e. The number of benzene rings is 5. The average molecular weight is 661 g/mol. The Hall–Kier alpha value is -4.34. The summed E-state index contributed by atoms with van der Waals surface area (Å²) in [4.78, 5) is 0. The normalized spacial score (nSPS) is 22.1. The summed E-state index contributed by atoms with van der Waals surface area (Å²) < 4.78 is 38.7. The average Bonchev–Trinajstić information content (AvgIpc) is 3.16. The lowest BCUT2D eigenvalue weighted by Gasteiger charge is -2.48. The standard InChI is InChI=1S/C42H44O7/c1-44-36-24-22-35(23-25-36)30-46-39-37(43)38(45-26-31-14-6-2-7-15-31)40(47-27-32-16-8-3-9-17-32)42(49-29-34-20-12-5-13-21-34)41(39)48-28-33-18-10-4-11-19-33/h2-25,37-43H,26-30H2,1H3/t37-,38-,39+,40+,41+,42?/m1/s1. The molecule has 0 amide bonds. The van der Waals surface area contributed by atoms with Crippen molar-refractivity contribution in [3.05, 3.63) is 173 Å². The van der Waals surface area contributed by atoms with Gasteiger partial charge < -0.3 is 33.5 Å². The first-order valence-electron chi connectivity index (χ1n) is 16.7. The summed E-state index contributed by atoms with van der Waals surface area (Å²) in [5.41, 5.74) is 4.92. The molecule has 49 heavy (non-hydrogen) atoms. The Morgan fingerprint density at radius 3 is 0.939 bits per heavy atom. The molecule has 0 heterocycles. The van der Waals surface area contributed by atoms with Gasteiger partial charge in [-0.25, -0.2) is 0 Å². The predicted molar refractivity (Wildman–Crippen MR) is 188 cm³/mol. The van der Waals surface area contributed by atoms with Crippen LogP contribution in [0.15, 0.2) is 146 Å². The van der Waals surface area contributed by atoms with Crippen molar-refractivity contribution in [1.29, 1.82) is 0 Å². The van der Waals surface area contributed by atoms with Crippen molar-refractivity contribution in [2.45, 2.75) is 69.7 Å². The molecule has 1 aliphatic rings. The molecule has 0 aromatic heterocycles. The van der Waals surface area contributed by atoms with E-state index >= 15 is 0 Å². The summed E-state index contributed by atoms with van der Waals surface area (Å²) in [6.45, 7) is 1.43. The highest BCUT2D eigenvalue weighted by Gasteiger charge is 2.54. The van der Waals surface area contributed by atoms with Gasteiger partial charge in [0.25, 0.3) is 0 Å². The zero-order valence-electron chi connectivity index (χ0n) is 27.8. The maximum absolute atomic E-state index is 12.2. The third-order valence-electron chi connectivity index (χ3n) is 8.71. The van der Waals surface area contributed by atoms with Crippen LogP contribution >= 0.6 is 0 Å². The Kier molecular flexibility index (Phi) is 12.6. The van der Waals surface area contributed by atoms with Crippen LogP contribution in [0, 0.1) is 0 Å². The second-order valence-corrected chi connectivity index (χ2v) is 12.2. The van der Waals surface area contributed by atoms with Gasteiger partial charge in [0.05, 0.1) is 40.1 Å². The van der Waals surface area contributed by atoms with Crippen molar-refractivity contribution in [3.63, 3.8) is 0 Å². The van der Waals surface area contributed by atoms with E-state index < -0.39 is 36.6 Å². The van der Waals surface area contributed by atoms with Crippen molar-refractivity contribution in [1.82, 2.24) is 0 Å². The monoisotopic (exact) mass is 660 g/mol. The Labute approximate surface area is 289 Å². The van der Waals surface area contributed by atoms with Gasteiger partial charge in [-0.2, -0.15) is 0 Å². The van der Waals surface area contributed by atoms with Crippen LogP contribution < -0.4 is 4.74 Å². The van der Waals surface area contributed by atoms with E-state index in [2.05, 4.69) is 0 Å². The molecule has 6 rings (SSSR count). The molecule has 0 saturated heterocycles. The fraction of sp³-hybridized carbons (Fsp3) is 0.286. The Bertz CT molecular complexity index is 1640. The molecule has 1 fully saturated rings. The third kappa shape index (κ3) is 9.64. The molecule has 0 spiro atoms. The van der Waals surface area contributed by atoms with Gasteiger partial charge in [0.2, 0.25) is 0 Å². The second-order valence-electron chi connectivity index (χ2n) is 12.2. The summed E-state index contributed by atoms with van der Waals surface area (Å²) in [6.07, 6.45) is -4.73. The molecule has 1 N–H and O–H groups in total. The molecule has 0 aliphatic heterocycles. The van der Waals surface area contributed by atoms with Crippen LogP contribution in [0.5, 0.6) is 5.75 Å². The minimum atomic E-state index is -1.10. The highest BCUT2D eigenvalue weighted by molar-refractivity contribution is 5.27. The quantitative estimate of drug-likeness (QED) is 0.119. The first-order valence-corrected chi connectivity index (χ1v) is 16.7. The predicted octanol–water partition coefficient (Wildman–Crippen LogP) is 7.30. The van der Waals surface area contributed by atoms with Crippen LogP contribution in [0.2, 0.25) is 0 Å². The van der Waals surface area contributed by atoms with Gasteiger partial charge in [-0.15, -0.1) is 0 Å². The summed E-state index contributed by atoms with van der Waals surface area (Å²) in [6, 6.07) is 47.6. The molecule has 1 aliphatic carbocycles. The van der Waals surface area contributed by atoms with Gasteiger partial charge in [0, 0.05) is 0 Å². The van der Waals surface area contributed by atoms with Gasteiger partial charge in [-0.05, 0) is 39.9 Å². The molecule has 0 bridgehead atoms. The summed E-state index contributed by atoms with van der Waals surface area (Å²) in [5.74, 6) is 0.757. The first-order chi connectivity index (χ1) is 24.2. The van der Waals surface area contributed by atoms with Crippen molar-refractivity contribution in [3.8, 4) is 5.75 Å². The molecule has 1 unspecified atom stereocenters. The van der Waals surface area contributed by atoms with Crippen LogP contribution in [0.3, 0.4) is 0 Å². The minimum absolute atomic E-state index is 0.239. The Balaban J connectivity index is 1.34. The maximum Gasteiger partial charge on any atom is 0.118 e. The molecule has 1 saturated carbocycles. The fourth-order valence-corrected chi connectivity index (χ4v) is 6.07. The lowest BCUT2D eigenvalue weighted by Crippen LogP contribution is -2.66. The Morgan fingerprint density at radius 2 is 0.633 bits per heavy atom. The molecule has 7 heteroatoms. The molecule has 7 nitrogen and oxygen atoms in total. The van der Waals surface area contributed by atoms with Crippen molar-refractivity contribution >= 4 is 0 Å². The van der Waals surface area contributed by atoms with E-state index in [-0.39, 0.29) is 13.2 Å². The number of aliphatic hydroxyl groups excluding tert-OH is 1. The van der Waals surface area contributed by atoms with Gasteiger partial charge in [0.15, 0.2) is 0 Å². The summed E-state index contributed by atoms with van der Waals surface area (Å²) in [5, 5.41) is 12.2. The summed E-state index contributed by atoms with van der Waals surface area (Å²) in [7, 11) is 1.64. The lowest BCUT2D eigenvalue weighted by molar-refractivity contribution is -0.283. The van der Waals surface area contributed by atoms with E-state index in [0.29, 0.717) is 19.8 Å². The van der Waals surface area contributed by atoms with Gasteiger partial charge in [0.1, 0.15) is 42.4 Å². The van der Waals surface area contributed by atoms with Crippen molar-refractivity contribution in [2.24, 2.45) is 0 Å². The SMILES string of the molecule is COc1ccc(CO[C@H]2[C@H](O)[C@@H](OCc3ccccc3)[C@H](OCc3ccccc3)C(OCc3ccccc3)[C@H]2OCc2ccccc2)cc1. The third-order valence-corrected chi connectivity index (χ3v) is 8.71. The maximum atomic E-state index is 12.2. The fourth-order valence-electron chi connectivity index (χ4n) is 6.07. The first kappa shape index (κ1) is 34.5. The van der Waals surface area contributed by atoms with Crippen LogP contribution in [-0.4, -0.2) is 48.8 Å². The largest absolute Gasteiger partial charge is 0.497 e. The van der Waals surface area contributed by atoms with Gasteiger partial charge >= 0.3 is 0 Å². The van der Waals surface area contributed by atoms with E-state index in [9.17, 15) is 5.11 Å². The molecular weight excluding hydrogens is 616 g/mol. The van der Waals surface area contributed by atoms with Crippen LogP contribution in [0.4, 0.5) is 0 Å². The molecule has 5 aromatic carbocycles. The molecular formula is C42H44O7. The Morgan fingerprint density at radius 1 is 0.367 bits per heavy atom. The van der Waals surface area contributed by atoms with E-state index in [4.69, 9.17) is 28.4 Å². The molecule has 5 aromatic rings. The van der Waals surface area contributed by atoms with E-state index in [0.717, 1.165) is 33.6 Å². The van der Waals surface area contributed by atoms with Crippen LogP contribution in [0.25, 0.3) is 0 Å². The van der Waals surface area contributed by atoms with Gasteiger partial charge in [-0.3, -0.25) is 0 Å². The van der Waals surface area contributed by atoms with E-state index in [1.807, 2.05) is 146 Å². The zero-order valence-corrected chi connectivity index (χ0v) is 27.8. The van der Waals surface area contributed by atoms with Crippen LogP contribution in [0.1, 0.15) is 27.8 Å². The number of aliphatic hydroxyl groups is 1. The van der Waals surface area contributed by atoms with Crippen molar-refractivity contribution in [2.75, 3.05) is 7.11 Å². The number of hydrogen-bond donors (Lipinski definition) is 1. The van der Waals surface area contributed by atoms with Crippen LogP contribution in [-0.2, 0) is 56.7 Å². The van der Waals surface area contributed by atoms with Crippen molar-refractivity contribution < 1.29 is 33.5 Å². The number of hydrogen-bond acceptors (Lipinski definition) is 7. The zero-order chi connectivity index (χ0) is 33.7. The number of rotatable bonds is 16. The topological polar surface area (TPSA) is 75.6 Å². The highest BCUT2D eigenvalue weighted by Crippen LogP contribution is 2.35. The summed E-state index contributed by atoms with van der Waals surface area (Å²) >= 11 is 0.